The first-order chi connectivity index (χ1) is 12.0. The Kier molecular flexibility index (Phi) is 6.38. The van der Waals surface area contributed by atoms with Gasteiger partial charge < -0.3 is 15.4 Å². The molecule has 2 aromatic carbocycles. The van der Waals surface area contributed by atoms with Crippen LogP contribution in [0.2, 0.25) is 5.02 Å². The molecule has 2 N–H and O–H groups in total. The normalized spacial score (nSPS) is 9.80. The van der Waals surface area contributed by atoms with E-state index < -0.39 is 5.97 Å². The first kappa shape index (κ1) is 18.3. The summed E-state index contributed by atoms with van der Waals surface area (Å²) in [6.07, 6.45) is 0.190. The van der Waals surface area contributed by atoms with E-state index in [0.29, 0.717) is 28.4 Å². The Morgan fingerprint density at radius 2 is 2.04 bits per heavy atom. The minimum Gasteiger partial charge on any atom is -0.465 e. The third-order valence-corrected chi connectivity index (χ3v) is 3.66. The van der Waals surface area contributed by atoms with E-state index in [1.807, 2.05) is 6.07 Å². The second-order valence-corrected chi connectivity index (χ2v) is 5.51. The molecule has 0 saturated carbocycles. The quantitative estimate of drug-likeness (QED) is 0.773. The SMILES string of the molecule is COC(=O)c1ccc(Cl)c(NC(=O)CCNc2cccc(C#N)c2)c1. The van der Waals surface area contributed by atoms with Gasteiger partial charge in [0.25, 0.3) is 0 Å². The fraction of sp³-hybridized carbons (Fsp3) is 0.167. The maximum absolute atomic E-state index is 12.1. The van der Waals surface area contributed by atoms with Crippen LogP contribution in [0.15, 0.2) is 42.5 Å². The van der Waals surface area contributed by atoms with Crippen LogP contribution < -0.4 is 10.6 Å². The largest absolute Gasteiger partial charge is 0.465 e. The number of benzene rings is 2. The highest BCUT2D eigenvalue weighted by Gasteiger charge is 2.11. The number of amides is 1. The molecule has 1 amide bonds. The van der Waals surface area contributed by atoms with E-state index >= 15 is 0 Å². The zero-order valence-electron chi connectivity index (χ0n) is 13.5. The summed E-state index contributed by atoms with van der Waals surface area (Å²) in [5.74, 6) is -0.765. The maximum atomic E-state index is 12.1. The van der Waals surface area contributed by atoms with Crippen LogP contribution in [-0.2, 0) is 9.53 Å². The number of anilines is 2. The van der Waals surface area contributed by atoms with Gasteiger partial charge in [-0.25, -0.2) is 4.79 Å². The van der Waals surface area contributed by atoms with Crippen molar-refractivity contribution < 1.29 is 14.3 Å². The van der Waals surface area contributed by atoms with Crippen LogP contribution in [0.5, 0.6) is 0 Å². The lowest BCUT2D eigenvalue weighted by molar-refractivity contribution is -0.115. The van der Waals surface area contributed by atoms with Crippen LogP contribution in [0.1, 0.15) is 22.3 Å². The van der Waals surface area contributed by atoms with Crippen molar-refractivity contribution in [3.63, 3.8) is 0 Å². The number of esters is 1. The van der Waals surface area contributed by atoms with Gasteiger partial charge in [0.1, 0.15) is 0 Å². The van der Waals surface area contributed by atoms with Gasteiger partial charge in [0, 0.05) is 18.7 Å². The predicted octanol–water partition coefficient (Wildman–Crippen LogP) is 3.44. The van der Waals surface area contributed by atoms with Crippen molar-refractivity contribution in [3.05, 3.63) is 58.6 Å². The van der Waals surface area contributed by atoms with E-state index in [-0.39, 0.29) is 12.3 Å². The minimum absolute atomic E-state index is 0.190. The van der Waals surface area contributed by atoms with Gasteiger partial charge in [-0.2, -0.15) is 5.26 Å². The van der Waals surface area contributed by atoms with Gasteiger partial charge in [0.05, 0.1) is 35.0 Å². The van der Waals surface area contributed by atoms with Crippen molar-refractivity contribution in [1.29, 1.82) is 5.26 Å². The molecule has 0 aliphatic heterocycles. The monoisotopic (exact) mass is 357 g/mol. The summed E-state index contributed by atoms with van der Waals surface area (Å²) in [6.45, 7) is 0.384. The second-order valence-electron chi connectivity index (χ2n) is 5.10. The molecule has 0 radical (unpaired) electrons. The number of hydrogen-bond donors (Lipinski definition) is 2. The van der Waals surface area contributed by atoms with Gasteiger partial charge in [-0.15, -0.1) is 0 Å². The zero-order chi connectivity index (χ0) is 18.2. The molecule has 7 heteroatoms. The van der Waals surface area contributed by atoms with E-state index in [4.69, 9.17) is 16.9 Å². The van der Waals surface area contributed by atoms with E-state index in [9.17, 15) is 9.59 Å². The van der Waals surface area contributed by atoms with Crippen LogP contribution in [0.3, 0.4) is 0 Å². The number of hydrogen-bond acceptors (Lipinski definition) is 5. The van der Waals surface area contributed by atoms with Gasteiger partial charge in [-0.05, 0) is 36.4 Å². The molecule has 2 aromatic rings. The number of ether oxygens (including phenoxy) is 1. The molecule has 0 atom stereocenters. The van der Waals surface area contributed by atoms with Gasteiger partial charge in [-0.3, -0.25) is 4.79 Å². The Morgan fingerprint density at radius 1 is 1.24 bits per heavy atom. The summed E-state index contributed by atoms with van der Waals surface area (Å²) in [7, 11) is 1.28. The Hall–Kier alpha value is -3.04. The highest BCUT2D eigenvalue weighted by molar-refractivity contribution is 6.33. The second kappa shape index (κ2) is 8.71. The Morgan fingerprint density at radius 3 is 2.76 bits per heavy atom. The topological polar surface area (TPSA) is 91.2 Å². The van der Waals surface area contributed by atoms with Gasteiger partial charge in [0.15, 0.2) is 0 Å². The number of rotatable bonds is 6. The van der Waals surface area contributed by atoms with Crippen molar-refractivity contribution in [2.24, 2.45) is 0 Å². The predicted molar refractivity (Wildman–Crippen MR) is 95.7 cm³/mol. The Bertz CT molecular complexity index is 831. The van der Waals surface area contributed by atoms with E-state index in [1.165, 1.54) is 25.3 Å². The van der Waals surface area contributed by atoms with Crippen LogP contribution in [0, 0.1) is 11.3 Å². The molecule has 0 spiro atoms. The first-order valence-electron chi connectivity index (χ1n) is 7.45. The number of carbonyl (C=O) groups is 2. The van der Waals surface area contributed by atoms with Crippen molar-refractivity contribution in [3.8, 4) is 6.07 Å². The van der Waals surface area contributed by atoms with Crippen molar-refractivity contribution in [2.75, 3.05) is 24.3 Å². The van der Waals surface area contributed by atoms with Gasteiger partial charge in [-0.1, -0.05) is 17.7 Å². The molecule has 128 valence electrons. The molecule has 0 aromatic heterocycles. The lowest BCUT2D eigenvalue weighted by Crippen LogP contribution is -2.17. The van der Waals surface area contributed by atoms with Crippen LogP contribution in [0.4, 0.5) is 11.4 Å². The van der Waals surface area contributed by atoms with Crippen molar-refractivity contribution >= 4 is 34.9 Å². The van der Waals surface area contributed by atoms with Crippen molar-refractivity contribution in [1.82, 2.24) is 0 Å². The molecule has 0 saturated heterocycles. The number of methoxy groups -OCH3 is 1. The van der Waals surface area contributed by atoms with E-state index in [0.717, 1.165) is 5.69 Å². The standard InChI is InChI=1S/C18H16ClN3O3/c1-25-18(24)13-5-6-15(19)16(10-13)22-17(23)7-8-21-14-4-2-3-12(9-14)11-20/h2-6,9-10,21H,7-8H2,1H3,(H,22,23). The third kappa shape index (κ3) is 5.23. The lowest BCUT2D eigenvalue weighted by Gasteiger charge is -2.10. The van der Waals surface area contributed by atoms with Gasteiger partial charge in [0.2, 0.25) is 5.91 Å². The summed E-state index contributed by atoms with van der Waals surface area (Å²) < 4.78 is 4.64. The molecule has 0 bridgehead atoms. The molecule has 6 nitrogen and oxygen atoms in total. The summed E-state index contributed by atoms with van der Waals surface area (Å²) in [5, 5.41) is 14.9. The molecule has 0 aliphatic carbocycles. The molecule has 0 heterocycles. The fourth-order valence-corrected chi connectivity index (χ4v) is 2.26. The smallest absolute Gasteiger partial charge is 0.337 e. The molecule has 2 rings (SSSR count). The van der Waals surface area contributed by atoms with E-state index in [1.54, 1.807) is 18.2 Å². The van der Waals surface area contributed by atoms with Crippen LogP contribution in [0.25, 0.3) is 0 Å². The molecule has 0 aliphatic rings. The number of nitrogens with zero attached hydrogens (tertiary/aromatic N) is 1. The average Bonchev–Trinajstić information content (AvgIpc) is 2.63. The number of carbonyl (C=O) groups excluding carboxylic acids is 2. The molecule has 0 unspecified atom stereocenters. The van der Waals surface area contributed by atoms with Gasteiger partial charge >= 0.3 is 5.97 Å². The number of halogens is 1. The van der Waals surface area contributed by atoms with Crippen molar-refractivity contribution in [2.45, 2.75) is 6.42 Å². The first-order valence-corrected chi connectivity index (χ1v) is 7.83. The summed E-state index contributed by atoms with van der Waals surface area (Å²) in [5.41, 5.74) is 1.95. The lowest BCUT2D eigenvalue weighted by atomic mass is 10.2. The fourth-order valence-electron chi connectivity index (χ4n) is 2.10. The minimum atomic E-state index is -0.508. The summed E-state index contributed by atoms with van der Waals surface area (Å²) >= 11 is 6.04. The zero-order valence-corrected chi connectivity index (χ0v) is 14.3. The molecular formula is C18H16ClN3O3. The number of nitrogens with one attached hydrogen (secondary N) is 2. The Labute approximate surface area is 150 Å². The number of nitriles is 1. The maximum Gasteiger partial charge on any atom is 0.337 e. The third-order valence-electron chi connectivity index (χ3n) is 3.33. The van der Waals surface area contributed by atoms with Crippen LogP contribution in [-0.4, -0.2) is 25.5 Å². The summed E-state index contributed by atoms with van der Waals surface area (Å²) in [6, 6.07) is 13.5. The highest BCUT2D eigenvalue weighted by atomic mass is 35.5. The Balaban J connectivity index is 1.92. The molecule has 0 fully saturated rings. The highest BCUT2D eigenvalue weighted by Crippen LogP contribution is 2.23. The molecule has 25 heavy (non-hydrogen) atoms. The molecular weight excluding hydrogens is 342 g/mol. The summed E-state index contributed by atoms with van der Waals surface area (Å²) in [4.78, 5) is 23.6. The van der Waals surface area contributed by atoms with Crippen LogP contribution >= 0.6 is 11.6 Å². The van der Waals surface area contributed by atoms with E-state index in [2.05, 4.69) is 21.4 Å². The average molecular weight is 358 g/mol.